The van der Waals surface area contributed by atoms with Crippen LogP contribution >= 0.6 is 0 Å². The van der Waals surface area contributed by atoms with Crippen LogP contribution in [-0.4, -0.2) is 13.0 Å². The fourth-order valence-corrected chi connectivity index (χ4v) is 2.74. The maximum atomic E-state index is 12.4. The van der Waals surface area contributed by atoms with Crippen molar-refractivity contribution >= 4 is 11.6 Å². The van der Waals surface area contributed by atoms with E-state index in [1.807, 2.05) is 24.3 Å². The molecule has 0 spiro atoms. The van der Waals surface area contributed by atoms with Crippen molar-refractivity contribution < 1.29 is 9.53 Å². The van der Waals surface area contributed by atoms with Crippen molar-refractivity contribution in [2.75, 3.05) is 12.4 Å². The second kappa shape index (κ2) is 5.31. The summed E-state index contributed by atoms with van der Waals surface area (Å²) >= 11 is 0. The first-order valence-electron chi connectivity index (χ1n) is 6.96. The minimum atomic E-state index is 0.0494. The first kappa shape index (κ1) is 14.6. The minimum absolute atomic E-state index is 0.0494. The first-order valence-corrected chi connectivity index (χ1v) is 6.96. The second-order valence-electron chi connectivity index (χ2n) is 6.29. The molecule has 1 aliphatic carbocycles. The van der Waals surface area contributed by atoms with Gasteiger partial charge in [-0.05, 0) is 49.4 Å². The predicted molar refractivity (Wildman–Crippen MR) is 81.8 cm³/mol. The van der Waals surface area contributed by atoms with Gasteiger partial charge in [-0.2, -0.15) is 0 Å². The van der Waals surface area contributed by atoms with Crippen LogP contribution in [0.15, 0.2) is 35.9 Å². The van der Waals surface area contributed by atoms with Gasteiger partial charge in [0.05, 0.1) is 13.0 Å². The van der Waals surface area contributed by atoms with Crippen LogP contribution in [0.5, 0.6) is 5.75 Å². The van der Waals surface area contributed by atoms with Crippen LogP contribution in [0.1, 0.15) is 27.7 Å². The van der Waals surface area contributed by atoms with E-state index in [0.717, 1.165) is 11.4 Å². The van der Waals surface area contributed by atoms with Crippen molar-refractivity contribution in [2.45, 2.75) is 27.7 Å². The summed E-state index contributed by atoms with van der Waals surface area (Å²) in [6.07, 6.45) is 2.21. The number of hydrogen-bond donors (Lipinski definition) is 1. The normalized spacial score (nSPS) is 22.9. The molecule has 0 aromatic heterocycles. The van der Waals surface area contributed by atoms with Gasteiger partial charge in [0.1, 0.15) is 5.75 Å². The molecule has 1 aromatic rings. The van der Waals surface area contributed by atoms with Gasteiger partial charge in [0.15, 0.2) is 0 Å². The average Bonchev–Trinajstić information content (AvgIpc) is 2.91. The van der Waals surface area contributed by atoms with E-state index in [2.05, 4.69) is 39.1 Å². The van der Waals surface area contributed by atoms with Crippen LogP contribution in [0.2, 0.25) is 0 Å². The van der Waals surface area contributed by atoms with Gasteiger partial charge in [0, 0.05) is 5.69 Å². The number of ether oxygens (including phenoxy) is 1. The molecule has 0 bridgehead atoms. The van der Waals surface area contributed by atoms with Crippen LogP contribution in [0.4, 0.5) is 5.69 Å². The van der Waals surface area contributed by atoms with Crippen LogP contribution in [-0.2, 0) is 4.79 Å². The third-order valence-corrected chi connectivity index (χ3v) is 4.06. The number of hydrogen-bond acceptors (Lipinski definition) is 2. The molecular formula is C17H23NO2. The summed E-state index contributed by atoms with van der Waals surface area (Å²) in [5.41, 5.74) is 2.13. The first-order chi connectivity index (χ1) is 9.36. The van der Waals surface area contributed by atoms with Gasteiger partial charge >= 0.3 is 0 Å². The molecule has 1 aliphatic rings. The number of benzene rings is 1. The number of nitrogens with one attached hydrogen (secondary N) is 1. The lowest BCUT2D eigenvalue weighted by Crippen LogP contribution is -2.16. The third kappa shape index (κ3) is 2.87. The highest BCUT2D eigenvalue weighted by atomic mass is 16.5. The molecule has 3 nitrogen and oxygen atoms in total. The standard InChI is InChI=1S/C17H23NO2/c1-11(2)10-14-15(17(14,3)4)16(19)18-12-6-8-13(20-5)9-7-12/h6-10,14-15H,1-5H3,(H,18,19). The number of anilines is 1. The molecule has 1 N–H and O–H groups in total. The van der Waals surface area contributed by atoms with E-state index in [0.29, 0.717) is 5.92 Å². The van der Waals surface area contributed by atoms with E-state index in [1.165, 1.54) is 5.57 Å². The molecule has 0 radical (unpaired) electrons. The number of carbonyl (C=O) groups excluding carboxylic acids is 1. The molecule has 108 valence electrons. The van der Waals surface area contributed by atoms with E-state index >= 15 is 0 Å². The Labute approximate surface area is 121 Å². The molecule has 2 unspecified atom stereocenters. The van der Waals surface area contributed by atoms with Crippen molar-refractivity contribution in [3.05, 3.63) is 35.9 Å². The highest BCUT2D eigenvalue weighted by molar-refractivity contribution is 5.95. The second-order valence-corrected chi connectivity index (χ2v) is 6.29. The van der Waals surface area contributed by atoms with Crippen LogP contribution in [0.3, 0.4) is 0 Å². The molecule has 20 heavy (non-hydrogen) atoms. The molecule has 2 rings (SSSR count). The van der Waals surface area contributed by atoms with Crippen molar-refractivity contribution in [3.8, 4) is 5.75 Å². The number of rotatable bonds is 4. The lowest BCUT2D eigenvalue weighted by Gasteiger charge is -2.07. The van der Waals surface area contributed by atoms with E-state index < -0.39 is 0 Å². The van der Waals surface area contributed by atoms with Gasteiger partial charge in [0.25, 0.3) is 0 Å². The summed E-state index contributed by atoms with van der Waals surface area (Å²) in [7, 11) is 1.63. The molecule has 2 atom stereocenters. The van der Waals surface area contributed by atoms with Gasteiger partial charge in [-0.25, -0.2) is 0 Å². The van der Waals surface area contributed by atoms with Crippen molar-refractivity contribution in [3.63, 3.8) is 0 Å². The largest absolute Gasteiger partial charge is 0.497 e. The highest BCUT2D eigenvalue weighted by Gasteiger charge is 2.60. The summed E-state index contributed by atoms with van der Waals surface area (Å²) in [6.45, 7) is 8.45. The van der Waals surface area contributed by atoms with Gasteiger partial charge in [0.2, 0.25) is 5.91 Å². The number of amides is 1. The van der Waals surface area contributed by atoms with Crippen LogP contribution in [0.25, 0.3) is 0 Å². The number of carbonyl (C=O) groups is 1. The Balaban J connectivity index is 2.04. The highest BCUT2D eigenvalue weighted by Crippen LogP contribution is 2.59. The topological polar surface area (TPSA) is 38.3 Å². The fraction of sp³-hybridized carbons (Fsp3) is 0.471. The van der Waals surface area contributed by atoms with E-state index in [4.69, 9.17) is 4.74 Å². The van der Waals surface area contributed by atoms with Crippen molar-refractivity contribution in [2.24, 2.45) is 17.3 Å². The Hall–Kier alpha value is -1.77. The molecule has 3 heteroatoms. The zero-order chi connectivity index (χ0) is 14.9. The van der Waals surface area contributed by atoms with Crippen molar-refractivity contribution in [1.82, 2.24) is 0 Å². The van der Waals surface area contributed by atoms with E-state index in [-0.39, 0.29) is 17.2 Å². The Morgan fingerprint density at radius 2 is 1.85 bits per heavy atom. The van der Waals surface area contributed by atoms with Gasteiger partial charge < -0.3 is 10.1 Å². The monoisotopic (exact) mass is 273 g/mol. The molecule has 0 saturated heterocycles. The molecule has 0 heterocycles. The molecule has 1 saturated carbocycles. The zero-order valence-electron chi connectivity index (χ0n) is 12.9. The van der Waals surface area contributed by atoms with Gasteiger partial charge in [-0.15, -0.1) is 0 Å². The Morgan fingerprint density at radius 1 is 1.25 bits per heavy atom. The summed E-state index contributed by atoms with van der Waals surface area (Å²) in [6, 6.07) is 7.42. The summed E-state index contributed by atoms with van der Waals surface area (Å²) in [5, 5.41) is 2.99. The molecule has 1 fully saturated rings. The molecular weight excluding hydrogens is 250 g/mol. The van der Waals surface area contributed by atoms with Crippen LogP contribution in [0, 0.1) is 17.3 Å². The Kier molecular flexibility index (Phi) is 3.89. The Morgan fingerprint density at radius 3 is 2.35 bits per heavy atom. The lowest BCUT2D eigenvalue weighted by atomic mass is 10.1. The average molecular weight is 273 g/mol. The maximum absolute atomic E-state index is 12.4. The maximum Gasteiger partial charge on any atom is 0.228 e. The molecule has 0 aliphatic heterocycles. The minimum Gasteiger partial charge on any atom is -0.497 e. The SMILES string of the molecule is COc1ccc(NC(=O)C2C(C=C(C)C)C2(C)C)cc1. The molecule has 1 aromatic carbocycles. The summed E-state index contributed by atoms with van der Waals surface area (Å²) in [5.74, 6) is 1.28. The molecule has 1 amide bonds. The zero-order valence-corrected chi connectivity index (χ0v) is 12.9. The van der Waals surface area contributed by atoms with E-state index in [9.17, 15) is 4.79 Å². The van der Waals surface area contributed by atoms with Crippen molar-refractivity contribution in [1.29, 1.82) is 0 Å². The van der Waals surface area contributed by atoms with Crippen LogP contribution < -0.4 is 10.1 Å². The summed E-state index contributed by atoms with van der Waals surface area (Å²) in [4.78, 5) is 12.4. The quantitative estimate of drug-likeness (QED) is 0.846. The van der Waals surface area contributed by atoms with E-state index in [1.54, 1.807) is 7.11 Å². The third-order valence-electron chi connectivity index (χ3n) is 4.06. The van der Waals surface area contributed by atoms with Gasteiger partial charge in [-0.3, -0.25) is 4.79 Å². The van der Waals surface area contributed by atoms with Gasteiger partial charge in [-0.1, -0.05) is 25.5 Å². The number of allylic oxidation sites excluding steroid dienone is 2. The fourth-order valence-electron chi connectivity index (χ4n) is 2.74. The predicted octanol–water partition coefficient (Wildman–Crippen LogP) is 3.87. The smallest absolute Gasteiger partial charge is 0.228 e. The summed E-state index contributed by atoms with van der Waals surface area (Å²) < 4.78 is 5.11. The Bertz CT molecular complexity index is 524. The lowest BCUT2D eigenvalue weighted by molar-refractivity contribution is -0.118. The number of methoxy groups -OCH3 is 1.